The summed E-state index contributed by atoms with van der Waals surface area (Å²) in [5.41, 5.74) is 4.87. The number of anilines is 2. The molecule has 1 aromatic carbocycles. The average molecular weight is 284 g/mol. The SMILES string of the molecule is CCc1cc(NCc2ccc(N(C)C)cc2C)nc(C)n1. The molecule has 0 spiro atoms. The molecule has 112 valence electrons. The van der Waals surface area contributed by atoms with Crippen molar-refractivity contribution in [3.8, 4) is 0 Å². The number of benzene rings is 1. The van der Waals surface area contributed by atoms with Gasteiger partial charge in [0.2, 0.25) is 0 Å². The van der Waals surface area contributed by atoms with Crippen LogP contribution in [0.25, 0.3) is 0 Å². The van der Waals surface area contributed by atoms with Crippen LogP contribution in [0, 0.1) is 13.8 Å². The number of nitrogens with zero attached hydrogens (tertiary/aromatic N) is 3. The van der Waals surface area contributed by atoms with E-state index in [1.165, 1.54) is 16.8 Å². The standard InChI is InChI=1S/C17H24N4/c1-6-15-10-17(20-13(3)19-15)18-11-14-7-8-16(21(4)5)9-12(14)2/h7-10H,6,11H2,1-5H3,(H,18,19,20). The first-order valence-electron chi connectivity index (χ1n) is 7.35. The minimum atomic E-state index is 0.777. The highest BCUT2D eigenvalue weighted by molar-refractivity contribution is 5.50. The highest BCUT2D eigenvalue weighted by atomic mass is 15.1. The summed E-state index contributed by atoms with van der Waals surface area (Å²) in [5, 5.41) is 3.40. The molecule has 0 unspecified atom stereocenters. The first kappa shape index (κ1) is 15.3. The largest absolute Gasteiger partial charge is 0.378 e. The zero-order valence-corrected chi connectivity index (χ0v) is 13.6. The second-order valence-electron chi connectivity index (χ2n) is 5.50. The van der Waals surface area contributed by atoms with Crippen molar-refractivity contribution in [3.05, 3.63) is 46.9 Å². The van der Waals surface area contributed by atoms with Crippen LogP contribution in [0.3, 0.4) is 0 Å². The van der Waals surface area contributed by atoms with Crippen LogP contribution < -0.4 is 10.2 Å². The lowest BCUT2D eigenvalue weighted by atomic mass is 10.1. The monoisotopic (exact) mass is 284 g/mol. The topological polar surface area (TPSA) is 41.0 Å². The molecule has 4 nitrogen and oxygen atoms in total. The summed E-state index contributed by atoms with van der Waals surface area (Å²) < 4.78 is 0. The highest BCUT2D eigenvalue weighted by Gasteiger charge is 2.04. The summed E-state index contributed by atoms with van der Waals surface area (Å²) in [6, 6.07) is 8.55. The van der Waals surface area contributed by atoms with E-state index < -0.39 is 0 Å². The molecule has 0 saturated heterocycles. The van der Waals surface area contributed by atoms with E-state index in [0.717, 1.165) is 30.3 Å². The van der Waals surface area contributed by atoms with Gasteiger partial charge in [-0.3, -0.25) is 0 Å². The van der Waals surface area contributed by atoms with E-state index in [0.29, 0.717) is 0 Å². The van der Waals surface area contributed by atoms with Crippen molar-refractivity contribution in [1.29, 1.82) is 0 Å². The summed E-state index contributed by atoms with van der Waals surface area (Å²) in [5.74, 6) is 1.71. The predicted octanol–water partition coefficient (Wildman–Crippen LogP) is 3.33. The molecule has 0 fully saturated rings. The fraction of sp³-hybridized carbons (Fsp3) is 0.412. The summed E-state index contributed by atoms with van der Waals surface area (Å²) in [6.45, 7) is 6.96. The Bertz CT molecular complexity index is 620. The van der Waals surface area contributed by atoms with E-state index in [1.54, 1.807) is 0 Å². The van der Waals surface area contributed by atoms with Gasteiger partial charge in [0, 0.05) is 38.1 Å². The quantitative estimate of drug-likeness (QED) is 0.914. The van der Waals surface area contributed by atoms with Gasteiger partial charge >= 0.3 is 0 Å². The fourth-order valence-electron chi connectivity index (χ4n) is 2.24. The Kier molecular flexibility index (Phi) is 4.78. The van der Waals surface area contributed by atoms with E-state index in [9.17, 15) is 0 Å². The second-order valence-corrected chi connectivity index (χ2v) is 5.50. The minimum absolute atomic E-state index is 0.777. The molecule has 1 heterocycles. The molecule has 2 aromatic rings. The van der Waals surface area contributed by atoms with Gasteiger partial charge in [0.1, 0.15) is 11.6 Å². The molecule has 0 amide bonds. The summed E-state index contributed by atoms with van der Waals surface area (Å²) >= 11 is 0. The maximum atomic E-state index is 4.44. The van der Waals surface area contributed by atoms with Crippen LogP contribution in [0.1, 0.15) is 29.6 Å². The van der Waals surface area contributed by atoms with Gasteiger partial charge in [-0.05, 0) is 43.5 Å². The Balaban J connectivity index is 2.11. The number of hydrogen-bond donors (Lipinski definition) is 1. The van der Waals surface area contributed by atoms with E-state index in [2.05, 4.69) is 66.3 Å². The van der Waals surface area contributed by atoms with E-state index in [1.807, 2.05) is 13.0 Å². The van der Waals surface area contributed by atoms with Crippen molar-refractivity contribution in [2.45, 2.75) is 33.7 Å². The normalized spacial score (nSPS) is 10.5. The van der Waals surface area contributed by atoms with Crippen molar-refractivity contribution in [1.82, 2.24) is 9.97 Å². The number of hydrogen-bond acceptors (Lipinski definition) is 4. The molecule has 0 aliphatic carbocycles. The Morgan fingerprint density at radius 2 is 1.86 bits per heavy atom. The molecule has 0 radical (unpaired) electrons. The number of nitrogens with one attached hydrogen (secondary N) is 1. The van der Waals surface area contributed by atoms with Crippen LogP contribution in [-0.2, 0) is 13.0 Å². The third-order valence-electron chi connectivity index (χ3n) is 3.56. The van der Waals surface area contributed by atoms with Crippen molar-refractivity contribution in [2.24, 2.45) is 0 Å². The Labute approximate surface area is 127 Å². The molecule has 21 heavy (non-hydrogen) atoms. The average Bonchev–Trinajstić information content (AvgIpc) is 2.45. The smallest absolute Gasteiger partial charge is 0.130 e. The Morgan fingerprint density at radius 3 is 2.48 bits per heavy atom. The van der Waals surface area contributed by atoms with Crippen molar-refractivity contribution in [3.63, 3.8) is 0 Å². The van der Waals surface area contributed by atoms with Crippen LogP contribution in [0.5, 0.6) is 0 Å². The van der Waals surface area contributed by atoms with Gasteiger partial charge in [0.25, 0.3) is 0 Å². The molecule has 0 aliphatic heterocycles. The van der Waals surface area contributed by atoms with E-state index >= 15 is 0 Å². The van der Waals surface area contributed by atoms with Crippen LogP contribution in [0.2, 0.25) is 0 Å². The number of aromatic nitrogens is 2. The maximum absolute atomic E-state index is 4.44. The molecule has 1 aromatic heterocycles. The zero-order chi connectivity index (χ0) is 15.4. The molecule has 0 aliphatic rings. The molecule has 0 saturated carbocycles. The number of aryl methyl sites for hydroxylation is 3. The van der Waals surface area contributed by atoms with Gasteiger partial charge in [-0.15, -0.1) is 0 Å². The van der Waals surface area contributed by atoms with Crippen LogP contribution in [0.4, 0.5) is 11.5 Å². The fourth-order valence-corrected chi connectivity index (χ4v) is 2.24. The molecule has 1 N–H and O–H groups in total. The van der Waals surface area contributed by atoms with Gasteiger partial charge in [-0.25, -0.2) is 9.97 Å². The third-order valence-corrected chi connectivity index (χ3v) is 3.56. The van der Waals surface area contributed by atoms with Gasteiger partial charge < -0.3 is 10.2 Å². The third kappa shape index (κ3) is 3.94. The molecule has 0 atom stereocenters. The second kappa shape index (κ2) is 6.57. The van der Waals surface area contributed by atoms with Crippen molar-refractivity contribution < 1.29 is 0 Å². The summed E-state index contributed by atoms with van der Waals surface area (Å²) in [7, 11) is 4.12. The lowest BCUT2D eigenvalue weighted by Gasteiger charge is -2.15. The van der Waals surface area contributed by atoms with E-state index in [4.69, 9.17) is 0 Å². The molecule has 2 rings (SSSR count). The van der Waals surface area contributed by atoms with Crippen LogP contribution >= 0.6 is 0 Å². The van der Waals surface area contributed by atoms with Gasteiger partial charge in [0.05, 0.1) is 0 Å². The predicted molar refractivity (Wildman–Crippen MR) is 89.0 cm³/mol. The van der Waals surface area contributed by atoms with Crippen molar-refractivity contribution in [2.75, 3.05) is 24.3 Å². The highest BCUT2D eigenvalue weighted by Crippen LogP contribution is 2.18. The maximum Gasteiger partial charge on any atom is 0.130 e. The first-order valence-corrected chi connectivity index (χ1v) is 7.35. The Morgan fingerprint density at radius 1 is 1.10 bits per heavy atom. The van der Waals surface area contributed by atoms with Crippen LogP contribution in [-0.4, -0.2) is 24.1 Å². The van der Waals surface area contributed by atoms with Gasteiger partial charge in [-0.1, -0.05) is 13.0 Å². The lowest BCUT2D eigenvalue weighted by Crippen LogP contribution is -2.10. The Hall–Kier alpha value is -2.10. The minimum Gasteiger partial charge on any atom is -0.378 e. The lowest BCUT2D eigenvalue weighted by molar-refractivity contribution is 0.940. The zero-order valence-electron chi connectivity index (χ0n) is 13.6. The van der Waals surface area contributed by atoms with Crippen LogP contribution in [0.15, 0.2) is 24.3 Å². The molecular weight excluding hydrogens is 260 g/mol. The van der Waals surface area contributed by atoms with Crippen molar-refractivity contribution >= 4 is 11.5 Å². The van der Waals surface area contributed by atoms with Gasteiger partial charge in [0.15, 0.2) is 0 Å². The summed E-state index contributed by atoms with van der Waals surface area (Å²) in [4.78, 5) is 11.0. The van der Waals surface area contributed by atoms with E-state index in [-0.39, 0.29) is 0 Å². The first-order chi connectivity index (χ1) is 9.99. The molecular formula is C17H24N4. The summed E-state index contributed by atoms with van der Waals surface area (Å²) in [6.07, 6.45) is 0.925. The number of rotatable bonds is 5. The molecule has 0 bridgehead atoms. The molecule has 4 heteroatoms. The van der Waals surface area contributed by atoms with Gasteiger partial charge in [-0.2, -0.15) is 0 Å².